The van der Waals surface area contributed by atoms with Crippen molar-refractivity contribution in [3.05, 3.63) is 35.1 Å². The second-order valence-electron chi connectivity index (χ2n) is 7.09. The molecule has 1 aromatic carbocycles. The molecule has 19 heavy (non-hydrogen) atoms. The minimum Gasteiger partial charge on any atom is -0.385 e. The quantitative estimate of drug-likeness (QED) is 0.814. The Morgan fingerprint density at radius 1 is 1.05 bits per heavy atom. The Morgan fingerprint density at radius 2 is 1.63 bits per heavy atom. The lowest BCUT2D eigenvalue weighted by Crippen LogP contribution is -2.55. The first kappa shape index (κ1) is 11.9. The average molecular weight is 260 g/mol. The van der Waals surface area contributed by atoms with Gasteiger partial charge in [0, 0.05) is 0 Å². The first-order chi connectivity index (χ1) is 9.07. The highest BCUT2D eigenvalue weighted by atomic mass is 19.1. The molecule has 4 saturated carbocycles. The lowest BCUT2D eigenvalue weighted by atomic mass is 9.48. The molecule has 4 aliphatic rings. The summed E-state index contributed by atoms with van der Waals surface area (Å²) in [5.41, 5.74) is 0.725. The van der Waals surface area contributed by atoms with E-state index < -0.39 is 5.60 Å². The van der Waals surface area contributed by atoms with Crippen LogP contribution in [0.5, 0.6) is 0 Å². The van der Waals surface area contributed by atoms with Crippen molar-refractivity contribution in [1.82, 2.24) is 0 Å². The second-order valence-corrected chi connectivity index (χ2v) is 7.09. The molecule has 2 heteroatoms. The minimum absolute atomic E-state index is 0.181. The van der Waals surface area contributed by atoms with Crippen LogP contribution in [-0.4, -0.2) is 5.11 Å². The molecule has 4 aliphatic carbocycles. The standard InChI is InChI=1S/C17H21FO/c1-10-2-3-13(9-16(10)18)17(19)14-5-11-4-12(7-14)8-15(17)6-11/h2-3,9,11-12,14-15,19H,4-8H2,1H3. The third kappa shape index (κ3) is 1.56. The molecule has 0 spiro atoms. The molecular formula is C17H21FO. The van der Waals surface area contributed by atoms with Crippen LogP contribution in [-0.2, 0) is 5.60 Å². The van der Waals surface area contributed by atoms with Gasteiger partial charge in [-0.15, -0.1) is 0 Å². The fraction of sp³-hybridized carbons (Fsp3) is 0.647. The Labute approximate surface area is 113 Å². The summed E-state index contributed by atoms with van der Waals surface area (Å²) >= 11 is 0. The molecule has 0 aromatic heterocycles. The molecule has 102 valence electrons. The van der Waals surface area contributed by atoms with Crippen LogP contribution in [0, 0.1) is 36.4 Å². The number of aliphatic hydroxyl groups is 1. The van der Waals surface area contributed by atoms with Crippen molar-refractivity contribution in [3.63, 3.8) is 0 Å². The van der Waals surface area contributed by atoms with Crippen molar-refractivity contribution in [2.24, 2.45) is 23.7 Å². The van der Waals surface area contributed by atoms with Gasteiger partial charge in [0.2, 0.25) is 0 Å². The largest absolute Gasteiger partial charge is 0.385 e. The number of benzene rings is 1. The maximum absolute atomic E-state index is 13.9. The van der Waals surface area contributed by atoms with Gasteiger partial charge in [0.05, 0.1) is 5.60 Å². The predicted octanol–water partition coefficient (Wildman–Crippen LogP) is 3.78. The van der Waals surface area contributed by atoms with Gasteiger partial charge in [-0.2, -0.15) is 0 Å². The summed E-state index contributed by atoms with van der Waals surface area (Å²) in [5, 5.41) is 11.3. The van der Waals surface area contributed by atoms with Crippen LogP contribution in [0.1, 0.15) is 43.2 Å². The Hall–Kier alpha value is -0.890. The molecule has 0 saturated heterocycles. The molecular weight excluding hydrogens is 239 g/mol. The molecule has 0 radical (unpaired) electrons. The first-order valence-corrected chi connectivity index (χ1v) is 7.56. The molecule has 0 amide bonds. The highest BCUT2D eigenvalue weighted by molar-refractivity contribution is 5.31. The molecule has 0 heterocycles. The topological polar surface area (TPSA) is 20.2 Å². The van der Waals surface area contributed by atoms with Gasteiger partial charge in [-0.3, -0.25) is 0 Å². The fourth-order valence-corrected chi connectivity index (χ4v) is 5.22. The monoisotopic (exact) mass is 260 g/mol. The molecule has 0 aliphatic heterocycles. The number of rotatable bonds is 1. The second kappa shape index (κ2) is 3.82. The maximum atomic E-state index is 13.9. The Morgan fingerprint density at radius 3 is 2.16 bits per heavy atom. The zero-order chi connectivity index (χ0) is 13.2. The van der Waals surface area contributed by atoms with Crippen LogP contribution >= 0.6 is 0 Å². The maximum Gasteiger partial charge on any atom is 0.126 e. The Balaban J connectivity index is 1.78. The molecule has 5 rings (SSSR count). The zero-order valence-corrected chi connectivity index (χ0v) is 11.4. The van der Waals surface area contributed by atoms with E-state index in [0.29, 0.717) is 17.4 Å². The van der Waals surface area contributed by atoms with Crippen molar-refractivity contribution in [3.8, 4) is 0 Å². The third-order valence-electron chi connectivity index (χ3n) is 6.02. The van der Waals surface area contributed by atoms with E-state index in [9.17, 15) is 9.50 Å². The van der Waals surface area contributed by atoms with Gasteiger partial charge >= 0.3 is 0 Å². The van der Waals surface area contributed by atoms with Gasteiger partial charge in [0.15, 0.2) is 0 Å². The van der Waals surface area contributed by atoms with Gasteiger partial charge in [-0.05, 0) is 79.9 Å². The van der Waals surface area contributed by atoms with Crippen molar-refractivity contribution < 1.29 is 9.50 Å². The smallest absolute Gasteiger partial charge is 0.126 e. The van der Waals surface area contributed by atoms with Crippen molar-refractivity contribution in [2.45, 2.75) is 44.6 Å². The number of halogens is 1. The lowest BCUT2D eigenvalue weighted by molar-refractivity contribution is -0.179. The molecule has 1 aromatic rings. The summed E-state index contributed by atoms with van der Waals surface area (Å²) in [4.78, 5) is 0. The Kier molecular flexibility index (Phi) is 2.39. The summed E-state index contributed by atoms with van der Waals surface area (Å²) in [5.74, 6) is 2.16. The van der Waals surface area contributed by atoms with E-state index in [-0.39, 0.29) is 5.82 Å². The highest BCUT2D eigenvalue weighted by Crippen LogP contribution is 2.61. The van der Waals surface area contributed by atoms with Gasteiger partial charge in [0.1, 0.15) is 5.82 Å². The third-order valence-corrected chi connectivity index (χ3v) is 6.02. The van der Waals surface area contributed by atoms with Crippen LogP contribution in [0.15, 0.2) is 18.2 Å². The highest BCUT2D eigenvalue weighted by Gasteiger charge is 2.57. The number of hydrogen-bond acceptors (Lipinski definition) is 1. The lowest BCUT2D eigenvalue weighted by Gasteiger charge is -2.59. The van der Waals surface area contributed by atoms with Crippen LogP contribution in [0.4, 0.5) is 4.39 Å². The predicted molar refractivity (Wildman–Crippen MR) is 72.1 cm³/mol. The van der Waals surface area contributed by atoms with Gasteiger partial charge < -0.3 is 5.11 Å². The molecule has 4 bridgehead atoms. The molecule has 0 atom stereocenters. The van der Waals surface area contributed by atoms with Crippen molar-refractivity contribution in [2.75, 3.05) is 0 Å². The summed E-state index contributed by atoms with van der Waals surface area (Å²) in [6.07, 6.45) is 5.92. The molecule has 0 unspecified atom stereocenters. The summed E-state index contributed by atoms with van der Waals surface area (Å²) < 4.78 is 13.9. The van der Waals surface area contributed by atoms with E-state index in [1.807, 2.05) is 12.1 Å². The minimum atomic E-state index is -0.762. The summed E-state index contributed by atoms with van der Waals surface area (Å²) in [7, 11) is 0. The fourth-order valence-electron chi connectivity index (χ4n) is 5.22. The van der Waals surface area contributed by atoms with Crippen LogP contribution in [0.2, 0.25) is 0 Å². The van der Waals surface area contributed by atoms with Crippen LogP contribution < -0.4 is 0 Å². The number of aryl methyl sites for hydroxylation is 1. The van der Waals surface area contributed by atoms with Crippen molar-refractivity contribution >= 4 is 0 Å². The van der Waals surface area contributed by atoms with E-state index in [2.05, 4.69) is 0 Å². The SMILES string of the molecule is Cc1ccc(C2(O)C3CC4CC(C3)CC2C4)cc1F. The van der Waals surface area contributed by atoms with Gasteiger partial charge in [-0.25, -0.2) is 4.39 Å². The van der Waals surface area contributed by atoms with E-state index in [4.69, 9.17) is 0 Å². The summed E-state index contributed by atoms with van der Waals surface area (Å²) in [6, 6.07) is 5.34. The zero-order valence-electron chi connectivity index (χ0n) is 11.4. The molecule has 1 N–H and O–H groups in total. The molecule has 1 nitrogen and oxygen atoms in total. The first-order valence-electron chi connectivity index (χ1n) is 7.56. The van der Waals surface area contributed by atoms with E-state index in [1.54, 1.807) is 13.0 Å². The van der Waals surface area contributed by atoms with E-state index in [1.165, 1.54) is 6.42 Å². The average Bonchev–Trinajstić information content (AvgIpc) is 2.38. The normalized spacial score (nSPS) is 43.7. The van der Waals surface area contributed by atoms with Crippen LogP contribution in [0.25, 0.3) is 0 Å². The van der Waals surface area contributed by atoms with Gasteiger partial charge in [0.25, 0.3) is 0 Å². The Bertz CT molecular complexity index is 494. The van der Waals surface area contributed by atoms with E-state index in [0.717, 1.165) is 43.1 Å². The van der Waals surface area contributed by atoms with E-state index >= 15 is 0 Å². The van der Waals surface area contributed by atoms with Crippen molar-refractivity contribution in [1.29, 1.82) is 0 Å². The number of hydrogen-bond donors (Lipinski definition) is 1. The van der Waals surface area contributed by atoms with Gasteiger partial charge in [-0.1, -0.05) is 12.1 Å². The van der Waals surface area contributed by atoms with Crippen LogP contribution in [0.3, 0.4) is 0 Å². The summed E-state index contributed by atoms with van der Waals surface area (Å²) in [6.45, 7) is 1.78. The molecule has 4 fully saturated rings.